The van der Waals surface area contributed by atoms with Crippen LogP contribution in [-0.2, 0) is 4.79 Å². The van der Waals surface area contributed by atoms with Gasteiger partial charge in [-0.25, -0.2) is 0 Å². The van der Waals surface area contributed by atoms with E-state index in [0.29, 0.717) is 45.4 Å². The normalized spacial score (nSPS) is 17.5. The van der Waals surface area contributed by atoms with E-state index in [9.17, 15) is 9.59 Å². The van der Waals surface area contributed by atoms with Crippen molar-refractivity contribution in [3.05, 3.63) is 82.6 Å². The minimum atomic E-state index is -0.482. The second kappa shape index (κ2) is 8.59. The highest BCUT2D eigenvalue weighted by Crippen LogP contribution is 2.52. The topological polar surface area (TPSA) is 80.3 Å². The predicted molar refractivity (Wildman–Crippen MR) is 124 cm³/mol. The second-order valence-electron chi connectivity index (χ2n) is 7.86. The van der Waals surface area contributed by atoms with Gasteiger partial charge in [0.25, 0.3) is 0 Å². The van der Waals surface area contributed by atoms with Gasteiger partial charge >= 0.3 is 5.97 Å². The lowest BCUT2D eigenvalue weighted by Gasteiger charge is -2.28. The molecular weight excluding hydrogens is 436 g/mol. The van der Waals surface area contributed by atoms with E-state index in [1.54, 1.807) is 24.3 Å². The van der Waals surface area contributed by atoms with Crippen molar-refractivity contribution in [1.82, 2.24) is 0 Å². The van der Waals surface area contributed by atoms with Crippen molar-refractivity contribution < 1.29 is 33.3 Å². The zero-order valence-corrected chi connectivity index (χ0v) is 18.9. The molecule has 172 valence electrons. The Morgan fingerprint density at radius 3 is 2.32 bits per heavy atom. The number of ether oxygens (including phenoxy) is 5. The van der Waals surface area contributed by atoms with Gasteiger partial charge in [0.15, 0.2) is 17.3 Å². The summed E-state index contributed by atoms with van der Waals surface area (Å²) in [6.45, 7) is 0. The number of Topliss-reactive ketones (excluding diaryl/α,β-unsaturated/α-hetero) is 1. The molecule has 2 aliphatic heterocycles. The maximum atomic E-state index is 13.1. The number of methoxy groups -OCH3 is 3. The summed E-state index contributed by atoms with van der Waals surface area (Å²) in [5, 5.41) is 0. The maximum Gasteiger partial charge on any atom is 0.312 e. The van der Waals surface area contributed by atoms with Crippen LogP contribution in [0.2, 0.25) is 0 Å². The fourth-order valence-electron chi connectivity index (χ4n) is 4.47. The van der Waals surface area contributed by atoms with Crippen molar-refractivity contribution in [2.24, 2.45) is 0 Å². The van der Waals surface area contributed by atoms with Crippen molar-refractivity contribution >= 4 is 17.8 Å². The standard InChI is InChI=1S/C27H22O7/c1-30-20-12-9-16(26(31-2)27(20)32-3)18-14-22(28)33-19-11-10-17-24(29)21(34-25(17)23(18)19)13-15-7-5-4-6-8-15/h4-13,18H,14H2,1-3H3/b21-13-/t18-/m0/s1. The van der Waals surface area contributed by atoms with E-state index in [1.807, 2.05) is 36.4 Å². The Labute approximate surface area is 196 Å². The SMILES string of the molecule is COc1ccc([C@@H]2CC(=O)Oc3ccc4c(c32)O/C(=C\c2ccccc2)C4=O)c(OC)c1OC. The first-order valence-corrected chi connectivity index (χ1v) is 10.7. The van der Waals surface area contributed by atoms with Crippen molar-refractivity contribution in [2.45, 2.75) is 12.3 Å². The third kappa shape index (κ3) is 3.46. The van der Waals surface area contributed by atoms with E-state index in [-0.39, 0.29) is 18.0 Å². The Morgan fingerprint density at radius 1 is 0.853 bits per heavy atom. The van der Waals surface area contributed by atoms with Crippen LogP contribution in [0.5, 0.6) is 28.7 Å². The highest BCUT2D eigenvalue weighted by Gasteiger charge is 2.40. The van der Waals surface area contributed by atoms with E-state index in [2.05, 4.69) is 0 Å². The van der Waals surface area contributed by atoms with Crippen LogP contribution in [0.25, 0.3) is 6.08 Å². The average molecular weight is 458 g/mol. The van der Waals surface area contributed by atoms with Gasteiger partial charge in [-0.05, 0) is 29.8 Å². The molecule has 0 saturated heterocycles. The number of rotatable bonds is 5. The van der Waals surface area contributed by atoms with Crippen molar-refractivity contribution in [1.29, 1.82) is 0 Å². The largest absolute Gasteiger partial charge is 0.493 e. The Bertz CT molecular complexity index is 1320. The number of allylic oxidation sites excluding steroid dienone is 1. The lowest BCUT2D eigenvalue weighted by Crippen LogP contribution is -2.22. The molecule has 0 amide bonds. The maximum absolute atomic E-state index is 13.1. The molecule has 2 aliphatic rings. The summed E-state index contributed by atoms with van der Waals surface area (Å²) in [6, 6.07) is 16.3. The van der Waals surface area contributed by atoms with Gasteiger partial charge in [0.1, 0.15) is 11.5 Å². The molecular formula is C27H22O7. The molecule has 0 unspecified atom stereocenters. The van der Waals surface area contributed by atoms with Crippen LogP contribution >= 0.6 is 0 Å². The zero-order valence-electron chi connectivity index (χ0n) is 18.9. The lowest BCUT2D eigenvalue weighted by atomic mass is 9.84. The molecule has 0 aliphatic carbocycles. The Balaban J connectivity index is 1.66. The zero-order chi connectivity index (χ0) is 23.8. The first-order chi connectivity index (χ1) is 16.5. The molecule has 34 heavy (non-hydrogen) atoms. The molecule has 2 heterocycles. The molecule has 5 rings (SSSR count). The van der Waals surface area contributed by atoms with Gasteiger partial charge in [-0.3, -0.25) is 9.59 Å². The number of esters is 1. The number of carbonyl (C=O) groups excluding carboxylic acids is 2. The quantitative estimate of drug-likeness (QED) is 0.310. The highest BCUT2D eigenvalue weighted by atomic mass is 16.5. The minimum absolute atomic E-state index is 0.0462. The van der Waals surface area contributed by atoms with Gasteiger partial charge in [-0.2, -0.15) is 0 Å². The van der Waals surface area contributed by atoms with Gasteiger partial charge in [-0.1, -0.05) is 36.4 Å². The summed E-state index contributed by atoms with van der Waals surface area (Å²) >= 11 is 0. The predicted octanol–water partition coefficient (Wildman–Crippen LogP) is 4.77. The summed E-state index contributed by atoms with van der Waals surface area (Å²) in [7, 11) is 4.59. The molecule has 0 saturated carbocycles. The molecule has 0 spiro atoms. The van der Waals surface area contributed by atoms with Gasteiger partial charge in [0.05, 0.1) is 33.3 Å². The van der Waals surface area contributed by atoms with Crippen molar-refractivity contribution in [2.75, 3.05) is 21.3 Å². The summed E-state index contributed by atoms with van der Waals surface area (Å²) in [6.07, 6.45) is 1.75. The van der Waals surface area contributed by atoms with Crippen LogP contribution in [0.3, 0.4) is 0 Å². The van der Waals surface area contributed by atoms with Crippen molar-refractivity contribution in [3.63, 3.8) is 0 Å². The fourth-order valence-corrected chi connectivity index (χ4v) is 4.47. The van der Waals surface area contributed by atoms with Crippen LogP contribution in [0, 0.1) is 0 Å². The molecule has 0 fully saturated rings. The van der Waals surface area contributed by atoms with Gasteiger partial charge in [-0.15, -0.1) is 0 Å². The van der Waals surface area contributed by atoms with Crippen LogP contribution < -0.4 is 23.7 Å². The monoisotopic (exact) mass is 458 g/mol. The summed E-state index contributed by atoms with van der Waals surface area (Å²) in [5.41, 5.74) is 2.58. The summed E-state index contributed by atoms with van der Waals surface area (Å²) < 4.78 is 28.2. The Morgan fingerprint density at radius 2 is 1.62 bits per heavy atom. The number of hydrogen-bond acceptors (Lipinski definition) is 7. The third-order valence-corrected chi connectivity index (χ3v) is 5.99. The highest BCUT2D eigenvalue weighted by molar-refractivity contribution is 6.15. The summed E-state index contributed by atoms with van der Waals surface area (Å²) in [4.78, 5) is 25.7. The molecule has 0 radical (unpaired) electrons. The van der Waals surface area contributed by atoms with E-state index in [0.717, 1.165) is 5.56 Å². The van der Waals surface area contributed by atoms with Crippen LogP contribution in [0.1, 0.15) is 39.4 Å². The third-order valence-electron chi connectivity index (χ3n) is 5.99. The minimum Gasteiger partial charge on any atom is -0.493 e. The molecule has 1 atom stereocenters. The second-order valence-corrected chi connectivity index (χ2v) is 7.86. The van der Waals surface area contributed by atoms with Crippen molar-refractivity contribution in [3.8, 4) is 28.7 Å². The lowest BCUT2D eigenvalue weighted by molar-refractivity contribution is -0.135. The van der Waals surface area contributed by atoms with Gasteiger partial charge in [0, 0.05) is 17.0 Å². The van der Waals surface area contributed by atoms with Gasteiger partial charge < -0.3 is 23.7 Å². The molecule has 7 heteroatoms. The van der Waals surface area contributed by atoms with E-state index in [4.69, 9.17) is 23.7 Å². The van der Waals surface area contributed by atoms with Crippen LogP contribution in [0.15, 0.2) is 60.4 Å². The van der Waals surface area contributed by atoms with E-state index >= 15 is 0 Å². The molecule has 0 N–H and O–H groups in total. The smallest absolute Gasteiger partial charge is 0.312 e. The molecule has 0 bridgehead atoms. The average Bonchev–Trinajstić information content (AvgIpc) is 3.17. The fraction of sp³-hybridized carbons (Fsp3) is 0.185. The Kier molecular flexibility index (Phi) is 5.45. The first-order valence-electron chi connectivity index (χ1n) is 10.7. The van der Waals surface area contributed by atoms with Gasteiger partial charge in [0.2, 0.25) is 11.5 Å². The number of carbonyl (C=O) groups is 2. The Hall–Kier alpha value is -4.26. The van der Waals surface area contributed by atoms with Crippen LogP contribution in [-0.4, -0.2) is 33.1 Å². The molecule has 0 aromatic heterocycles. The number of ketones is 1. The number of fused-ring (bicyclic) bond motifs is 3. The first kappa shape index (κ1) is 21.6. The number of benzene rings is 3. The van der Waals surface area contributed by atoms with E-state index < -0.39 is 11.9 Å². The molecule has 3 aromatic carbocycles. The van der Waals surface area contributed by atoms with E-state index in [1.165, 1.54) is 21.3 Å². The molecule has 3 aromatic rings. The molecule has 7 nitrogen and oxygen atoms in total. The summed E-state index contributed by atoms with van der Waals surface area (Å²) in [5.74, 6) is 1.21. The number of hydrogen-bond donors (Lipinski definition) is 0. The van der Waals surface area contributed by atoms with Crippen LogP contribution in [0.4, 0.5) is 0 Å².